The predicted octanol–water partition coefficient (Wildman–Crippen LogP) is 1.04. The molecule has 6 nitrogen and oxygen atoms in total. The summed E-state index contributed by atoms with van der Waals surface area (Å²) in [5.74, 6) is -0.223. The first kappa shape index (κ1) is 12.5. The molecule has 98 valence electrons. The van der Waals surface area contributed by atoms with E-state index >= 15 is 0 Å². The zero-order chi connectivity index (χ0) is 13.0. The number of carbonyl (C=O) groups is 1. The number of hydrogen-bond donors (Lipinski definition) is 2. The van der Waals surface area contributed by atoms with E-state index in [1.807, 2.05) is 0 Å². The minimum Gasteiger partial charge on any atom is -0.417 e. The van der Waals surface area contributed by atoms with Crippen LogP contribution in [-0.2, 0) is 6.54 Å². The number of nitrogens with one attached hydrogen (secondary N) is 2. The number of nitrogens with zero attached hydrogens (tertiary/aromatic N) is 2. The van der Waals surface area contributed by atoms with Crippen LogP contribution in [0, 0.1) is 0 Å². The molecule has 2 amide bonds. The van der Waals surface area contributed by atoms with Crippen molar-refractivity contribution in [1.29, 1.82) is 0 Å². The lowest BCUT2D eigenvalue weighted by molar-refractivity contribution is -0.0529. The normalized spacial score (nSPS) is 14.4. The molecule has 1 heterocycles. The number of alkyl halides is 2. The van der Waals surface area contributed by atoms with Crippen molar-refractivity contribution in [2.75, 3.05) is 0 Å². The van der Waals surface area contributed by atoms with Crippen LogP contribution in [-0.4, -0.2) is 28.7 Å². The van der Waals surface area contributed by atoms with Gasteiger partial charge in [-0.2, -0.15) is 8.78 Å². The van der Waals surface area contributed by atoms with Gasteiger partial charge in [0.1, 0.15) is 6.33 Å². The molecule has 0 unspecified atom stereocenters. The third kappa shape index (κ3) is 4.11. The molecule has 1 saturated carbocycles. The van der Waals surface area contributed by atoms with Gasteiger partial charge in [0.15, 0.2) is 0 Å². The molecule has 0 aliphatic heterocycles. The monoisotopic (exact) mass is 258 g/mol. The Kier molecular flexibility index (Phi) is 3.85. The van der Waals surface area contributed by atoms with Crippen LogP contribution in [0.25, 0.3) is 0 Å². The molecule has 18 heavy (non-hydrogen) atoms. The highest BCUT2D eigenvalue weighted by Gasteiger charge is 2.22. The fourth-order valence-electron chi connectivity index (χ4n) is 1.26. The SMILES string of the molecule is O=C(NCc1cc(OC(F)F)ncn1)NC1CC1. The molecular weight excluding hydrogens is 246 g/mol. The number of urea groups is 1. The molecule has 0 aromatic carbocycles. The summed E-state index contributed by atoms with van der Waals surface area (Å²) in [6, 6.07) is 1.21. The van der Waals surface area contributed by atoms with E-state index in [0.29, 0.717) is 5.69 Å². The molecule has 1 aliphatic rings. The first-order valence-corrected chi connectivity index (χ1v) is 5.43. The number of rotatable bonds is 5. The molecule has 1 aromatic rings. The molecule has 8 heteroatoms. The topological polar surface area (TPSA) is 76.1 Å². The Morgan fingerprint density at radius 3 is 2.94 bits per heavy atom. The third-order valence-corrected chi connectivity index (χ3v) is 2.25. The van der Waals surface area contributed by atoms with E-state index in [-0.39, 0.29) is 24.5 Å². The van der Waals surface area contributed by atoms with E-state index < -0.39 is 6.61 Å². The fraction of sp³-hybridized carbons (Fsp3) is 0.500. The third-order valence-electron chi connectivity index (χ3n) is 2.25. The maximum atomic E-state index is 12.0. The van der Waals surface area contributed by atoms with E-state index in [4.69, 9.17) is 0 Å². The lowest BCUT2D eigenvalue weighted by atomic mass is 10.4. The quantitative estimate of drug-likeness (QED) is 0.827. The standard InChI is InChI=1S/C10H12F2N4O2/c11-9(12)18-8-3-7(14-5-15-8)4-13-10(17)16-6-1-2-6/h3,5-6,9H,1-2,4H2,(H2,13,16,17). The van der Waals surface area contributed by atoms with Crippen LogP contribution in [0.4, 0.5) is 13.6 Å². The number of hydrogen-bond acceptors (Lipinski definition) is 4. The maximum Gasteiger partial charge on any atom is 0.388 e. The molecule has 2 N–H and O–H groups in total. The van der Waals surface area contributed by atoms with Crippen LogP contribution in [0.3, 0.4) is 0 Å². The van der Waals surface area contributed by atoms with Crippen molar-refractivity contribution in [3.63, 3.8) is 0 Å². The Morgan fingerprint density at radius 1 is 1.50 bits per heavy atom. The Labute approximate surface area is 102 Å². The summed E-state index contributed by atoms with van der Waals surface area (Å²) in [5.41, 5.74) is 0.395. The van der Waals surface area contributed by atoms with Crippen LogP contribution in [0.5, 0.6) is 5.88 Å². The maximum absolute atomic E-state index is 12.0. The molecule has 1 aromatic heterocycles. The summed E-state index contributed by atoms with van der Waals surface area (Å²) in [4.78, 5) is 18.7. The van der Waals surface area contributed by atoms with Crippen LogP contribution in [0.2, 0.25) is 0 Å². The summed E-state index contributed by atoms with van der Waals surface area (Å²) in [7, 11) is 0. The van der Waals surface area contributed by atoms with Gasteiger partial charge in [-0.25, -0.2) is 14.8 Å². The summed E-state index contributed by atoms with van der Waals surface area (Å²) >= 11 is 0. The molecule has 1 fully saturated rings. The first-order chi connectivity index (χ1) is 8.63. The average Bonchev–Trinajstić information content (AvgIpc) is 3.10. The van der Waals surface area contributed by atoms with E-state index in [1.54, 1.807) is 0 Å². The highest BCUT2D eigenvalue weighted by molar-refractivity contribution is 5.74. The van der Waals surface area contributed by atoms with Crippen molar-refractivity contribution >= 4 is 6.03 Å². The highest BCUT2D eigenvalue weighted by atomic mass is 19.3. The van der Waals surface area contributed by atoms with Crippen molar-refractivity contribution in [1.82, 2.24) is 20.6 Å². The van der Waals surface area contributed by atoms with Crippen molar-refractivity contribution in [3.8, 4) is 5.88 Å². The van der Waals surface area contributed by atoms with E-state index in [9.17, 15) is 13.6 Å². The van der Waals surface area contributed by atoms with Crippen molar-refractivity contribution in [3.05, 3.63) is 18.1 Å². The van der Waals surface area contributed by atoms with Crippen LogP contribution in [0.15, 0.2) is 12.4 Å². The van der Waals surface area contributed by atoms with Crippen molar-refractivity contribution in [2.24, 2.45) is 0 Å². The van der Waals surface area contributed by atoms with Gasteiger partial charge in [-0.3, -0.25) is 0 Å². The summed E-state index contributed by atoms with van der Waals surface area (Å²) < 4.78 is 28.0. The second-order valence-corrected chi connectivity index (χ2v) is 3.83. The number of ether oxygens (including phenoxy) is 1. The number of aromatic nitrogens is 2. The summed E-state index contributed by atoms with van der Waals surface area (Å²) in [6.45, 7) is -2.81. The Morgan fingerprint density at radius 2 is 2.28 bits per heavy atom. The second kappa shape index (κ2) is 5.56. The Hall–Kier alpha value is -1.99. The van der Waals surface area contributed by atoms with Crippen LogP contribution >= 0.6 is 0 Å². The molecule has 0 radical (unpaired) electrons. The summed E-state index contributed by atoms with van der Waals surface area (Å²) in [5, 5.41) is 5.29. The van der Waals surface area contributed by atoms with Crippen molar-refractivity contribution in [2.45, 2.75) is 32.0 Å². The van der Waals surface area contributed by atoms with E-state index in [2.05, 4.69) is 25.3 Å². The van der Waals surface area contributed by atoms with Gasteiger partial charge >= 0.3 is 12.6 Å². The minimum absolute atomic E-state index is 0.126. The van der Waals surface area contributed by atoms with Crippen LogP contribution in [0.1, 0.15) is 18.5 Å². The second-order valence-electron chi connectivity index (χ2n) is 3.83. The number of halogens is 2. The van der Waals surface area contributed by atoms with Gasteiger partial charge in [-0.15, -0.1) is 0 Å². The Bertz CT molecular complexity index is 426. The molecule has 0 atom stereocenters. The molecule has 1 aliphatic carbocycles. The molecule has 0 spiro atoms. The van der Waals surface area contributed by atoms with E-state index in [1.165, 1.54) is 6.07 Å². The van der Waals surface area contributed by atoms with Gasteiger partial charge in [0.25, 0.3) is 0 Å². The summed E-state index contributed by atoms with van der Waals surface area (Å²) in [6.07, 6.45) is 3.09. The average molecular weight is 258 g/mol. The van der Waals surface area contributed by atoms with Gasteiger partial charge in [-0.1, -0.05) is 0 Å². The van der Waals surface area contributed by atoms with Gasteiger partial charge in [-0.05, 0) is 12.8 Å². The lowest BCUT2D eigenvalue weighted by Gasteiger charge is -2.07. The largest absolute Gasteiger partial charge is 0.417 e. The minimum atomic E-state index is -2.93. The van der Waals surface area contributed by atoms with Crippen molar-refractivity contribution < 1.29 is 18.3 Å². The lowest BCUT2D eigenvalue weighted by Crippen LogP contribution is -2.36. The molecule has 0 bridgehead atoms. The molecular formula is C10H12F2N4O2. The molecule has 2 rings (SSSR count). The Balaban J connectivity index is 1.82. The van der Waals surface area contributed by atoms with Gasteiger partial charge in [0, 0.05) is 12.1 Å². The zero-order valence-corrected chi connectivity index (χ0v) is 9.40. The van der Waals surface area contributed by atoms with Gasteiger partial charge in [0.05, 0.1) is 12.2 Å². The van der Waals surface area contributed by atoms with Gasteiger partial charge < -0.3 is 15.4 Å². The number of amides is 2. The van der Waals surface area contributed by atoms with Crippen LogP contribution < -0.4 is 15.4 Å². The fourth-order valence-corrected chi connectivity index (χ4v) is 1.26. The zero-order valence-electron chi connectivity index (χ0n) is 9.40. The first-order valence-electron chi connectivity index (χ1n) is 5.43. The highest BCUT2D eigenvalue weighted by Crippen LogP contribution is 2.18. The predicted molar refractivity (Wildman–Crippen MR) is 57.1 cm³/mol. The van der Waals surface area contributed by atoms with Gasteiger partial charge in [0.2, 0.25) is 5.88 Å². The molecule has 0 saturated heterocycles. The van der Waals surface area contributed by atoms with E-state index in [0.717, 1.165) is 19.2 Å². The smallest absolute Gasteiger partial charge is 0.388 e. The number of carbonyl (C=O) groups excluding carboxylic acids is 1.